The molecular weight excluding hydrogens is 530 g/mol. The van der Waals surface area contributed by atoms with Gasteiger partial charge in [-0.15, -0.1) is 0 Å². The molecule has 2 aromatic heterocycles. The van der Waals surface area contributed by atoms with Crippen molar-refractivity contribution in [3.8, 4) is 17.3 Å². The van der Waals surface area contributed by atoms with Crippen LogP contribution in [0, 0.1) is 6.92 Å². The third kappa shape index (κ3) is 4.72. The molecule has 3 aliphatic heterocycles. The van der Waals surface area contributed by atoms with E-state index in [9.17, 15) is 9.32 Å². The summed E-state index contributed by atoms with van der Waals surface area (Å²) in [5.74, 6) is 0. The van der Waals surface area contributed by atoms with Gasteiger partial charge >= 0.3 is 0 Å². The number of nitrogens with zero attached hydrogens (tertiary/aromatic N) is 4. The first-order chi connectivity index (χ1) is 19.2. The maximum absolute atomic E-state index is 12.1. The van der Waals surface area contributed by atoms with Crippen molar-refractivity contribution in [1.82, 2.24) is 15.0 Å². The molecule has 0 unspecified atom stereocenters. The number of fused-ring (bicyclic) bond motifs is 3. The average Bonchev–Trinajstić information content (AvgIpc) is 3.68. The van der Waals surface area contributed by atoms with Crippen LogP contribution >= 0.6 is 0 Å². The third-order valence-electron chi connectivity index (χ3n) is 7.63. The second-order valence-electron chi connectivity index (χ2n) is 11.0. The van der Waals surface area contributed by atoms with Crippen molar-refractivity contribution >= 4 is 32.3 Å². The molecule has 10 nitrogen and oxygen atoms in total. The lowest BCUT2D eigenvalue weighted by Gasteiger charge is -2.18. The van der Waals surface area contributed by atoms with Crippen molar-refractivity contribution < 1.29 is 23.5 Å². The Labute approximate surface area is 232 Å². The smallest absolute Gasteiger partial charge is 0.296 e. The summed E-state index contributed by atoms with van der Waals surface area (Å²) in [4.78, 5) is 14.9. The van der Waals surface area contributed by atoms with Crippen LogP contribution in [0.15, 0.2) is 52.9 Å². The van der Waals surface area contributed by atoms with Crippen molar-refractivity contribution in [2.75, 3.05) is 30.6 Å². The Morgan fingerprint density at radius 2 is 1.80 bits per heavy atom. The largest absolute Gasteiger partial charge is 0.456 e. The monoisotopic (exact) mass is 561 g/mol. The topological polar surface area (TPSA) is 122 Å². The zero-order valence-electron chi connectivity index (χ0n) is 22.5. The molecule has 7 rings (SSSR count). The van der Waals surface area contributed by atoms with E-state index in [0.717, 1.165) is 46.8 Å². The van der Waals surface area contributed by atoms with Gasteiger partial charge in [-0.2, -0.15) is 9.35 Å². The first kappa shape index (κ1) is 25.5. The van der Waals surface area contributed by atoms with E-state index in [4.69, 9.17) is 19.2 Å². The molecule has 2 fully saturated rings. The van der Waals surface area contributed by atoms with Gasteiger partial charge in [-0.05, 0) is 53.9 Å². The van der Waals surface area contributed by atoms with Gasteiger partial charge in [-0.1, -0.05) is 18.2 Å². The van der Waals surface area contributed by atoms with Gasteiger partial charge in [-0.3, -0.25) is 0 Å². The molecule has 0 saturated carbocycles. The maximum atomic E-state index is 12.1. The fourth-order valence-corrected chi connectivity index (χ4v) is 6.38. The highest BCUT2D eigenvalue weighted by atomic mass is 32.2. The zero-order chi connectivity index (χ0) is 27.6. The molecule has 208 valence electrons. The van der Waals surface area contributed by atoms with E-state index in [-0.39, 0.29) is 24.9 Å². The SMILES string of the molecule is Cc1cc2[nH]c(O[C@@H]3CO[C@H]4[C@@H]3OC[C@H]4O)nc2nc1-c1ccc(N2Cc3ccc(N=S(C)(C)=O)cc3C2)cc1. The number of hydrogen-bond acceptors (Lipinski definition) is 9. The number of anilines is 1. The molecule has 0 bridgehead atoms. The van der Waals surface area contributed by atoms with E-state index in [1.165, 1.54) is 11.1 Å². The van der Waals surface area contributed by atoms with Crippen LogP contribution in [0.1, 0.15) is 16.7 Å². The predicted molar refractivity (Wildman–Crippen MR) is 152 cm³/mol. The molecule has 0 amide bonds. The summed E-state index contributed by atoms with van der Waals surface area (Å²) in [5, 5.41) is 9.98. The lowest BCUT2D eigenvalue weighted by Crippen LogP contribution is -2.34. The highest BCUT2D eigenvalue weighted by Crippen LogP contribution is 2.34. The Balaban J connectivity index is 1.08. The van der Waals surface area contributed by atoms with Crippen LogP contribution in [0.5, 0.6) is 6.01 Å². The number of aryl methyl sites for hydroxylation is 1. The van der Waals surface area contributed by atoms with Gasteiger partial charge < -0.3 is 29.2 Å². The number of pyridine rings is 1. The number of aromatic amines is 1. The molecular formula is C29H31N5O5S. The Morgan fingerprint density at radius 3 is 2.60 bits per heavy atom. The highest BCUT2D eigenvalue weighted by Gasteiger charge is 2.48. The summed E-state index contributed by atoms with van der Waals surface area (Å²) in [6.45, 7) is 4.22. The second kappa shape index (κ2) is 9.55. The Hall–Kier alpha value is -3.51. The quantitative estimate of drug-likeness (QED) is 0.378. The molecule has 2 N–H and O–H groups in total. The summed E-state index contributed by atoms with van der Waals surface area (Å²) in [6, 6.07) is 16.9. The van der Waals surface area contributed by atoms with Crippen LogP contribution in [-0.2, 0) is 32.3 Å². The summed E-state index contributed by atoms with van der Waals surface area (Å²) < 4.78 is 33.8. The molecule has 0 spiro atoms. The number of ether oxygens (including phenoxy) is 3. The number of hydrogen-bond donors (Lipinski definition) is 2. The van der Waals surface area contributed by atoms with Gasteiger partial charge in [0, 0.05) is 46.6 Å². The van der Waals surface area contributed by atoms with Crippen molar-refractivity contribution in [2.45, 2.75) is 44.4 Å². The number of aliphatic hydroxyl groups excluding tert-OH is 1. The Bertz CT molecular complexity index is 1720. The number of imidazole rings is 1. The zero-order valence-corrected chi connectivity index (χ0v) is 23.4. The first-order valence-corrected chi connectivity index (χ1v) is 15.6. The lowest BCUT2D eigenvalue weighted by atomic mass is 10.1. The lowest BCUT2D eigenvalue weighted by molar-refractivity contribution is 0.00706. The minimum absolute atomic E-state index is 0.252. The minimum atomic E-state index is -2.19. The van der Waals surface area contributed by atoms with Gasteiger partial charge in [0.1, 0.15) is 18.3 Å². The molecule has 5 heterocycles. The molecule has 11 heteroatoms. The molecule has 4 atom stereocenters. The van der Waals surface area contributed by atoms with Crippen LogP contribution in [0.25, 0.3) is 22.4 Å². The normalized spacial score (nSPS) is 23.9. The average molecular weight is 562 g/mol. The van der Waals surface area contributed by atoms with Gasteiger partial charge in [-0.25, -0.2) is 9.19 Å². The van der Waals surface area contributed by atoms with Crippen LogP contribution in [0.3, 0.4) is 0 Å². The van der Waals surface area contributed by atoms with Gasteiger partial charge in [0.05, 0.1) is 30.1 Å². The molecule has 2 saturated heterocycles. The first-order valence-electron chi connectivity index (χ1n) is 13.3. The van der Waals surface area contributed by atoms with E-state index >= 15 is 0 Å². The number of H-pyrrole nitrogens is 1. The van der Waals surface area contributed by atoms with E-state index in [2.05, 4.69) is 49.6 Å². The van der Waals surface area contributed by atoms with Crippen LogP contribution in [0.4, 0.5) is 11.4 Å². The third-order valence-corrected chi connectivity index (χ3v) is 8.28. The molecule has 2 aromatic carbocycles. The maximum Gasteiger partial charge on any atom is 0.296 e. The summed E-state index contributed by atoms with van der Waals surface area (Å²) >= 11 is 0. The van der Waals surface area contributed by atoms with E-state index in [1.807, 2.05) is 25.1 Å². The van der Waals surface area contributed by atoms with Crippen molar-refractivity contribution in [2.24, 2.45) is 4.36 Å². The van der Waals surface area contributed by atoms with Crippen molar-refractivity contribution in [3.05, 3.63) is 65.2 Å². The fraction of sp³-hybridized carbons (Fsp3) is 0.379. The summed E-state index contributed by atoms with van der Waals surface area (Å²) in [6.07, 6.45) is 1.68. The van der Waals surface area contributed by atoms with Crippen molar-refractivity contribution in [3.63, 3.8) is 0 Å². The molecule has 0 radical (unpaired) electrons. The number of benzene rings is 2. The van der Waals surface area contributed by atoms with Crippen LogP contribution < -0.4 is 9.64 Å². The standard InChI is InChI=1S/C29H31N5O5S/c1-16-10-22-28(32-29(30-22)39-24-15-38-26-23(35)14-37-27(24)26)31-25(16)17-5-8-21(9-6-17)34-12-18-4-7-20(11-19(18)13-34)33-40(2,3)36/h4-11,23-24,26-27,35H,12-15H2,1-3H3,(H,30,31,32)/t23-,24-,26-,27-/m1/s1. The number of aromatic nitrogens is 3. The van der Waals surface area contributed by atoms with E-state index < -0.39 is 15.8 Å². The molecule has 4 aromatic rings. The number of rotatable bonds is 5. The van der Waals surface area contributed by atoms with Crippen LogP contribution in [0.2, 0.25) is 0 Å². The van der Waals surface area contributed by atoms with E-state index in [1.54, 1.807) is 12.5 Å². The summed E-state index contributed by atoms with van der Waals surface area (Å²) in [7, 11) is -2.19. The fourth-order valence-electron chi connectivity index (χ4n) is 5.76. The highest BCUT2D eigenvalue weighted by molar-refractivity contribution is 7.92. The molecule has 3 aliphatic rings. The van der Waals surface area contributed by atoms with Gasteiger partial charge in [0.25, 0.3) is 6.01 Å². The Kier molecular flexibility index (Phi) is 6.08. The van der Waals surface area contributed by atoms with Gasteiger partial charge in [0.15, 0.2) is 11.8 Å². The second-order valence-corrected chi connectivity index (χ2v) is 13.6. The molecule has 40 heavy (non-hydrogen) atoms. The predicted octanol–water partition coefficient (Wildman–Crippen LogP) is 3.72. The van der Waals surface area contributed by atoms with Gasteiger partial charge in [0.2, 0.25) is 0 Å². The number of nitrogens with one attached hydrogen (secondary N) is 1. The number of aliphatic hydroxyl groups is 1. The van der Waals surface area contributed by atoms with Crippen LogP contribution in [-0.4, -0.2) is 74.4 Å². The minimum Gasteiger partial charge on any atom is -0.456 e. The Morgan fingerprint density at radius 1 is 1.02 bits per heavy atom. The van der Waals surface area contributed by atoms with E-state index in [0.29, 0.717) is 18.3 Å². The van der Waals surface area contributed by atoms with Crippen molar-refractivity contribution in [1.29, 1.82) is 0 Å². The molecule has 0 aliphatic carbocycles. The summed E-state index contributed by atoms with van der Waals surface area (Å²) in [5.41, 5.74) is 8.62.